The van der Waals surface area contributed by atoms with Crippen LogP contribution in [0.3, 0.4) is 0 Å². The molecule has 0 amide bonds. The second-order valence-electron chi connectivity index (χ2n) is 1.97. The van der Waals surface area contributed by atoms with Crippen LogP contribution in [-0.2, 0) is 33.5 Å². The van der Waals surface area contributed by atoms with Crippen LogP contribution in [0.5, 0.6) is 0 Å². The molecule has 0 aliphatic rings. The average molecular weight is 452 g/mol. The third kappa shape index (κ3) is 15.0. The minimum Gasteiger partial charge on any atom is -0.214 e. The summed E-state index contributed by atoms with van der Waals surface area (Å²) in [7, 11) is 9.75. The molecule has 0 unspecified atom stereocenters. The molecule has 0 N–H and O–H groups in total. The summed E-state index contributed by atoms with van der Waals surface area (Å²) >= 11 is -0.472. The number of rotatable bonds is 0. The topological polar surface area (TPSA) is 0 Å². The third-order valence-corrected chi connectivity index (χ3v) is 1.11. The first-order chi connectivity index (χ1) is 6.41. The summed E-state index contributed by atoms with van der Waals surface area (Å²) in [4.78, 5) is 0. The Balaban J connectivity index is 0. The molecule has 82 valence electrons. The van der Waals surface area contributed by atoms with Gasteiger partial charge in [0.15, 0.2) is 0 Å². The van der Waals surface area contributed by atoms with Gasteiger partial charge in [-0.1, -0.05) is 0 Å². The Kier molecular flexibility index (Phi) is 19.2. The van der Waals surface area contributed by atoms with Gasteiger partial charge in [0, 0.05) is 0 Å². The largest absolute Gasteiger partial charge is 2.00 e. The first-order valence-electron chi connectivity index (χ1n) is 3.57. The van der Waals surface area contributed by atoms with Gasteiger partial charge in [0.05, 0.1) is 0 Å². The number of hydrogen-bond acceptors (Lipinski definition) is 0. The fourth-order valence-electron chi connectivity index (χ4n) is 0.642. The summed E-state index contributed by atoms with van der Waals surface area (Å²) in [5, 5.41) is 0. The van der Waals surface area contributed by atoms with Crippen LogP contribution in [0.4, 0.5) is 0 Å². The van der Waals surface area contributed by atoms with E-state index in [1.807, 2.05) is 60.7 Å². The van der Waals surface area contributed by atoms with E-state index in [1.165, 1.54) is 0 Å². The van der Waals surface area contributed by atoms with E-state index in [9.17, 15) is 0 Å². The van der Waals surface area contributed by atoms with Gasteiger partial charge >= 0.3 is 52.4 Å². The zero-order chi connectivity index (χ0) is 9.78. The van der Waals surface area contributed by atoms with Crippen molar-refractivity contribution in [3.63, 3.8) is 0 Å². The van der Waals surface area contributed by atoms with Gasteiger partial charge < -0.3 is 0 Å². The van der Waals surface area contributed by atoms with Crippen LogP contribution in [0, 0.1) is 0 Å². The normalized spacial score (nSPS) is 7.29. The first-order valence-corrected chi connectivity index (χ1v) is 9.20. The van der Waals surface area contributed by atoms with E-state index in [1.54, 1.807) is 0 Å². The second kappa shape index (κ2) is 15.9. The van der Waals surface area contributed by atoms with Crippen molar-refractivity contribution < 1.29 is 33.5 Å². The van der Waals surface area contributed by atoms with Gasteiger partial charge in [0.2, 0.25) is 0 Å². The molecule has 14 heavy (non-hydrogen) atoms. The predicted octanol–water partition coefficient (Wildman–Crippen LogP) is 4.19. The minimum absolute atomic E-state index is 0. The van der Waals surface area contributed by atoms with Gasteiger partial charge in [-0.05, 0) is 0 Å². The average Bonchev–Trinajstić information content (AvgIpc) is 2.85. The molecule has 4 heteroatoms. The van der Waals surface area contributed by atoms with Gasteiger partial charge in [-0.15, -0.1) is 0 Å². The zero-order valence-corrected chi connectivity index (χ0v) is 12.1. The van der Waals surface area contributed by atoms with E-state index in [2.05, 4.69) is 0 Å². The Morgan fingerprint density at radius 1 is 0.714 bits per heavy atom. The summed E-state index contributed by atoms with van der Waals surface area (Å²) in [5.41, 5.74) is 0. The van der Waals surface area contributed by atoms with Crippen LogP contribution in [0.25, 0.3) is 0 Å². The molecule has 0 nitrogen and oxygen atoms in total. The van der Waals surface area contributed by atoms with E-state index in [-0.39, 0.29) is 17.1 Å². The summed E-state index contributed by atoms with van der Waals surface area (Å²) < 4.78 is 0. The molecule has 0 atom stereocenters. The fourth-order valence-corrected chi connectivity index (χ4v) is 0.642. The minimum atomic E-state index is -0.472. The molecule has 0 saturated heterocycles. The van der Waals surface area contributed by atoms with Crippen LogP contribution in [0.1, 0.15) is 0 Å². The van der Waals surface area contributed by atoms with Crippen molar-refractivity contribution in [3.05, 3.63) is 60.7 Å². The summed E-state index contributed by atoms with van der Waals surface area (Å²) in [5.74, 6) is 0. The molecule has 0 aliphatic heterocycles. The van der Waals surface area contributed by atoms with E-state index >= 15 is 0 Å². The molecule has 0 aliphatic carbocycles. The van der Waals surface area contributed by atoms with Crippen LogP contribution in [0.15, 0.2) is 60.7 Å². The standard InChI is InChI=1S/2C5H5.2ClH.Fe.Pt/c2*1-2-4-5-3-1;;;;/h2*1-5H;2*1H;;/q2*-1;;;2*+2/p-2. The van der Waals surface area contributed by atoms with Gasteiger partial charge in [-0.3, -0.25) is 0 Å². The molecule has 0 aromatic heterocycles. The van der Waals surface area contributed by atoms with Crippen LogP contribution >= 0.6 is 18.8 Å². The van der Waals surface area contributed by atoms with Gasteiger partial charge in [-0.2, -0.15) is 36.4 Å². The maximum absolute atomic E-state index is 4.88. The third-order valence-electron chi connectivity index (χ3n) is 1.11. The van der Waals surface area contributed by atoms with Crippen molar-refractivity contribution in [1.29, 1.82) is 0 Å². The summed E-state index contributed by atoms with van der Waals surface area (Å²) in [6, 6.07) is 20.0. The van der Waals surface area contributed by atoms with Crippen LogP contribution in [-0.4, -0.2) is 0 Å². The summed E-state index contributed by atoms with van der Waals surface area (Å²) in [6.07, 6.45) is 0. The molecule has 0 bridgehead atoms. The molecule has 2 aromatic rings. The second-order valence-corrected chi connectivity index (χ2v) is 5.25. The Morgan fingerprint density at radius 3 is 1.00 bits per heavy atom. The molecule has 2 aromatic carbocycles. The molecule has 0 fully saturated rings. The zero-order valence-electron chi connectivity index (χ0n) is 7.20. The monoisotopic (exact) mass is 451 g/mol. The quantitative estimate of drug-likeness (QED) is 0.416. The fraction of sp³-hybridized carbons (Fsp3) is 0. The molecule has 2 rings (SSSR count). The predicted molar refractivity (Wildman–Crippen MR) is 55.8 cm³/mol. The Morgan fingerprint density at radius 2 is 0.929 bits per heavy atom. The van der Waals surface area contributed by atoms with Gasteiger partial charge in [0.25, 0.3) is 0 Å². The van der Waals surface area contributed by atoms with Crippen molar-refractivity contribution in [3.8, 4) is 0 Å². The van der Waals surface area contributed by atoms with Gasteiger partial charge in [-0.25, -0.2) is 24.3 Å². The van der Waals surface area contributed by atoms with Crippen molar-refractivity contribution in [2.45, 2.75) is 0 Å². The molecule has 0 radical (unpaired) electrons. The molecule has 0 saturated carbocycles. The SMILES string of the molecule is [Cl][Pt][Cl].[Fe+2].c1cc[cH-]c1.c1cc[cH-]c1. The van der Waals surface area contributed by atoms with Crippen LogP contribution < -0.4 is 0 Å². The number of hydrogen-bond donors (Lipinski definition) is 0. The molecular formula is C10H10Cl2FePt. The molecule has 0 spiro atoms. The Bertz CT molecular complexity index is 170. The van der Waals surface area contributed by atoms with Crippen molar-refractivity contribution in [2.24, 2.45) is 0 Å². The Labute approximate surface area is 112 Å². The van der Waals surface area contributed by atoms with Crippen molar-refractivity contribution in [1.82, 2.24) is 0 Å². The maximum atomic E-state index is 4.88. The van der Waals surface area contributed by atoms with Crippen molar-refractivity contribution in [2.75, 3.05) is 0 Å². The number of halogens is 2. The van der Waals surface area contributed by atoms with Crippen molar-refractivity contribution >= 4 is 18.8 Å². The molecular weight excluding hydrogens is 442 g/mol. The smallest absolute Gasteiger partial charge is 0.214 e. The van der Waals surface area contributed by atoms with Crippen LogP contribution in [0.2, 0.25) is 0 Å². The van der Waals surface area contributed by atoms with E-state index in [0.717, 1.165) is 0 Å². The Hall–Kier alpha value is 0.488. The van der Waals surface area contributed by atoms with E-state index in [0.29, 0.717) is 0 Å². The van der Waals surface area contributed by atoms with Gasteiger partial charge in [0.1, 0.15) is 0 Å². The van der Waals surface area contributed by atoms with E-state index in [4.69, 9.17) is 18.8 Å². The first kappa shape index (κ1) is 16.9. The van der Waals surface area contributed by atoms with E-state index < -0.39 is 16.5 Å². The maximum Gasteiger partial charge on any atom is 2.00 e. The molecule has 0 heterocycles. The summed E-state index contributed by atoms with van der Waals surface area (Å²) in [6.45, 7) is 0.